The van der Waals surface area contributed by atoms with Crippen molar-refractivity contribution < 1.29 is 4.79 Å². The van der Waals surface area contributed by atoms with Gasteiger partial charge in [0.15, 0.2) is 0 Å². The summed E-state index contributed by atoms with van der Waals surface area (Å²) in [5.74, 6) is 0.569. The first-order chi connectivity index (χ1) is 10.2. The molecule has 23 heavy (non-hydrogen) atoms. The molecule has 2 fully saturated rings. The van der Waals surface area contributed by atoms with Gasteiger partial charge in [0.05, 0.1) is 9.70 Å². The summed E-state index contributed by atoms with van der Waals surface area (Å²) in [6.45, 7) is 6.66. The largest absolute Gasteiger partial charge is 0.340 e. The first-order valence-electron chi connectivity index (χ1n) is 7.68. The second-order valence-corrected chi connectivity index (χ2v) is 8.40. The Balaban J connectivity index is 0.00000132. The molecule has 1 atom stereocenters. The van der Waals surface area contributed by atoms with Gasteiger partial charge in [-0.25, -0.2) is 0 Å². The van der Waals surface area contributed by atoms with Crippen LogP contribution in [-0.4, -0.2) is 55.0 Å². The second kappa shape index (κ2) is 10.2. The third kappa shape index (κ3) is 5.87. The number of amides is 1. The predicted octanol–water partition coefficient (Wildman–Crippen LogP) is 3.00. The molecule has 0 saturated carbocycles. The average molecular weight is 445 g/mol. The van der Waals surface area contributed by atoms with Crippen molar-refractivity contribution in [2.45, 2.75) is 19.4 Å². The normalized spacial score (nSPS) is 22.1. The maximum absolute atomic E-state index is 12.5. The molecule has 132 valence electrons. The van der Waals surface area contributed by atoms with Crippen LogP contribution in [0, 0.1) is 5.92 Å². The van der Waals surface area contributed by atoms with Gasteiger partial charge in [-0.05, 0) is 47.4 Å². The zero-order valence-corrected chi connectivity index (χ0v) is 17.0. The minimum absolute atomic E-state index is 0. The number of carbonyl (C=O) groups excluding carboxylic acids is 1. The van der Waals surface area contributed by atoms with E-state index in [0.717, 1.165) is 58.7 Å². The Labute approximate surface area is 162 Å². The van der Waals surface area contributed by atoms with Crippen LogP contribution in [0.5, 0.6) is 0 Å². The predicted molar refractivity (Wildman–Crippen MR) is 104 cm³/mol. The Morgan fingerprint density at radius 1 is 1.26 bits per heavy atom. The van der Waals surface area contributed by atoms with Gasteiger partial charge in [0, 0.05) is 44.1 Å². The third-order valence-electron chi connectivity index (χ3n) is 4.34. The molecule has 0 aliphatic carbocycles. The SMILES string of the molecule is Cl.Cl.O=C(C1CCCNC1)N1CCN(Cc2ccc(Br)s2)CC1. The van der Waals surface area contributed by atoms with Crippen LogP contribution in [0.15, 0.2) is 15.9 Å². The Kier molecular flexibility index (Phi) is 9.41. The van der Waals surface area contributed by atoms with Crippen molar-refractivity contribution in [1.82, 2.24) is 15.1 Å². The van der Waals surface area contributed by atoms with E-state index in [1.54, 1.807) is 11.3 Å². The van der Waals surface area contributed by atoms with Crippen LogP contribution in [0.25, 0.3) is 0 Å². The average Bonchev–Trinajstić information content (AvgIpc) is 2.93. The summed E-state index contributed by atoms with van der Waals surface area (Å²) in [7, 11) is 0. The van der Waals surface area contributed by atoms with E-state index in [2.05, 4.69) is 43.2 Å². The van der Waals surface area contributed by atoms with Gasteiger partial charge < -0.3 is 10.2 Å². The van der Waals surface area contributed by atoms with E-state index >= 15 is 0 Å². The van der Waals surface area contributed by atoms with E-state index in [4.69, 9.17) is 0 Å². The molecule has 3 heterocycles. The van der Waals surface area contributed by atoms with Crippen molar-refractivity contribution >= 4 is 58.0 Å². The molecule has 1 unspecified atom stereocenters. The summed E-state index contributed by atoms with van der Waals surface area (Å²) in [4.78, 5) is 18.4. The molecule has 0 spiro atoms. The topological polar surface area (TPSA) is 35.6 Å². The van der Waals surface area contributed by atoms with E-state index in [0.29, 0.717) is 5.91 Å². The molecule has 8 heteroatoms. The smallest absolute Gasteiger partial charge is 0.227 e. The molecule has 4 nitrogen and oxygen atoms in total. The van der Waals surface area contributed by atoms with Gasteiger partial charge in [-0.3, -0.25) is 9.69 Å². The maximum Gasteiger partial charge on any atom is 0.227 e. The van der Waals surface area contributed by atoms with Crippen LogP contribution in [0.2, 0.25) is 0 Å². The molecular formula is C15H24BrCl2N3OS. The number of nitrogens with one attached hydrogen (secondary N) is 1. The third-order valence-corrected chi connectivity index (χ3v) is 5.95. The Morgan fingerprint density at radius 3 is 2.57 bits per heavy atom. The lowest BCUT2D eigenvalue weighted by Gasteiger charge is -2.37. The number of hydrogen-bond donors (Lipinski definition) is 1. The minimum atomic E-state index is 0. The highest BCUT2D eigenvalue weighted by Gasteiger charge is 2.28. The molecule has 1 aromatic rings. The monoisotopic (exact) mass is 443 g/mol. The summed E-state index contributed by atoms with van der Waals surface area (Å²) in [6, 6.07) is 4.29. The van der Waals surface area contributed by atoms with Gasteiger partial charge in [-0.15, -0.1) is 36.2 Å². The highest BCUT2D eigenvalue weighted by molar-refractivity contribution is 9.11. The quantitative estimate of drug-likeness (QED) is 0.778. The number of hydrogen-bond acceptors (Lipinski definition) is 4. The number of rotatable bonds is 3. The number of nitrogens with zero attached hydrogens (tertiary/aromatic N) is 2. The van der Waals surface area contributed by atoms with Crippen molar-refractivity contribution in [1.29, 1.82) is 0 Å². The Bertz CT molecular complexity index is 489. The van der Waals surface area contributed by atoms with Crippen LogP contribution in [-0.2, 0) is 11.3 Å². The lowest BCUT2D eigenvalue weighted by molar-refractivity contribution is -0.137. The van der Waals surface area contributed by atoms with Crippen molar-refractivity contribution in [2.24, 2.45) is 5.92 Å². The first kappa shape index (κ1) is 21.2. The molecule has 0 radical (unpaired) electrons. The summed E-state index contributed by atoms with van der Waals surface area (Å²) in [6.07, 6.45) is 2.18. The second-order valence-electron chi connectivity index (χ2n) is 5.85. The molecule has 1 amide bonds. The first-order valence-corrected chi connectivity index (χ1v) is 9.29. The minimum Gasteiger partial charge on any atom is -0.340 e. The molecule has 2 aliphatic rings. The number of thiophene rings is 1. The van der Waals surface area contributed by atoms with Crippen LogP contribution < -0.4 is 5.32 Å². The van der Waals surface area contributed by atoms with E-state index < -0.39 is 0 Å². The van der Waals surface area contributed by atoms with Crippen LogP contribution in [0.4, 0.5) is 0 Å². The van der Waals surface area contributed by atoms with E-state index in [1.165, 1.54) is 8.66 Å². The number of halogens is 3. The van der Waals surface area contributed by atoms with Gasteiger partial charge in [0.2, 0.25) is 5.91 Å². The molecule has 2 aliphatic heterocycles. The molecule has 0 aromatic carbocycles. The fourth-order valence-corrected chi connectivity index (χ4v) is 4.63. The summed E-state index contributed by atoms with van der Waals surface area (Å²) >= 11 is 5.31. The van der Waals surface area contributed by atoms with Gasteiger partial charge in [0.25, 0.3) is 0 Å². The number of piperazine rings is 1. The van der Waals surface area contributed by atoms with E-state index in [-0.39, 0.29) is 30.7 Å². The van der Waals surface area contributed by atoms with E-state index in [1.807, 2.05) is 0 Å². The fourth-order valence-electron chi connectivity index (χ4n) is 3.10. The molecular weight excluding hydrogens is 421 g/mol. The molecule has 1 N–H and O–H groups in total. The summed E-state index contributed by atoms with van der Waals surface area (Å²) in [5.41, 5.74) is 0. The van der Waals surface area contributed by atoms with Crippen LogP contribution in [0.3, 0.4) is 0 Å². The summed E-state index contributed by atoms with van der Waals surface area (Å²) in [5, 5.41) is 3.34. The van der Waals surface area contributed by atoms with Crippen molar-refractivity contribution in [2.75, 3.05) is 39.3 Å². The highest BCUT2D eigenvalue weighted by atomic mass is 79.9. The van der Waals surface area contributed by atoms with Crippen molar-refractivity contribution in [3.63, 3.8) is 0 Å². The van der Waals surface area contributed by atoms with Crippen molar-refractivity contribution in [3.8, 4) is 0 Å². The van der Waals surface area contributed by atoms with Crippen molar-refractivity contribution in [3.05, 3.63) is 20.8 Å². The summed E-state index contributed by atoms with van der Waals surface area (Å²) < 4.78 is 1.19. The molecule has 3 rings (SSSR count). The molecule has 1 aromatic heterocycles. The standard InChI is InChI=1S/C15H22BrN3OS.2ClH/c16-14-4-3-13(21-14)11-18-6-8-19(9-7-18)15(20)12-2-1-5-17-10-12;;/h3-4,12,17H,1-2,5-11H2;2*1H. The lowest BCUT2D eigenvalue weighted by Crippen LogP contribution is -2.51. The zero-order valence-electron chi connectivity index (χ0n) is 13.0. The fraction of sp³-hybridized carbons (Fsp3) is 0.667. The van der Waals surface area contributed by atoms with Gasteiger partial charge in [-0.2, -0.15) is 0 Å². The highest BCUT2D eigenvalue weighted by Crippen LogP contribution is 2.24. The Morgan fingerprint density at radius 2 is 2.00 bits per heavy atom. The van der Waals surface area contributed by atoms with Crippen LogP contribution >= 0.6 is 52.1 Å². The van der Waals surface area contributed by atoms with Gasteiger partial charge in [-0.1, -0.05) is 0 Å². The number of carbonyl (C=O) groups is 1. The molecule has 0 bridgehead atoms. The molecule has 2 saturated heterocycles. The zero-order chi connectivity index (χ0) is 14.7. The van der Waals surface area contributed by atoms with Gasteiger partial charge >= 0.3 is 0 Å². The Hall–Kier alpha value is 0.150. The van der Waals surface area contributed by atoms with Crippen LogP contribution in [0.1, 0.15) is 17.7 Å². The van der Waals surface area contributed by atoms with Gasteiger partial charge in [0.1, 0.15) is 0 Å². The maximum atomic E-state index is 12.5. The lowest BCUT2D eigenvalue weighted by atomic mass is 9.98. The van der Waals surface area contributed by atoms with E-state index in [9.17, 15) is 4.79 Å². The number of piperidine rings is 1.